The maximum atomic E-state index is 12.7. The van der Waals surface area contributed by atoms with Crippen LogP contribution in [0.15, 0.2) is 0 Å². The summed E-state index contributed by atoms with van der Waals surface area (Å²) in [4.78, 5) is 31.3. The molecule has 3 fully saturated rings. The molecular weight excluding hydrogens is 292 g/mol. The van der Waals surface area contributed by atoms with Crippen molar-refractivity contribution >= 4 is 11.8 Å². The van der Waals surface area contributed by atoms with Crippen LogP contribution in [0.25, 0.3) is 0 Å². The second-order valence-corrected chi connectivity index (χ2v) is 7.22. The van der Waals surface area contributed by atoms with Gasteiger partial charge in [0, 0.05) is 45.2 Å². The van der Waals surface area contributed by atoms with E-state index in [0.29, 0.717) is 19.0 Å². The van der Waals surface area contributed by atoms with Gasteiger partial charge in [-0.05, 0) is 38.9 Å². The molecule has 3 rings (SSSR count). The van der Waals surface area contributed by atoms with Crippen molar-refractivity contribution in [3.63, 3.8) is 0 Å². The van der Waals surface area contributed by atoms with Gasteiger partial charge >= 0.3 is 0 Å². The summed E-state index contributed by atoms with van der Waals surface area (Å²) in [6, 6.07) is 0.770. The highest BCUT2D eigenvalue weighted by molar-refractivity contribution is 5.89. The average molecular weight is 322 g/mol. The van der Waals surface area contributed by atoms with Crippen LogP contribution in [-0.2, 0) is 9.59 Å². The largest absolute Gasteiger partial charge is 0.341 e. The molecule has 0 radical (unpaired) electrons. The molecule has 6 heteroatoms. The van der Waals surface area contributed by atoms with Gasteiger partial charge in [0.25, 0.3) is 0 Å². The Morgan fingerprint density at radius 3 is 2.91 bits per heavy atom. The van der Waals surface area contributed by atoms with Gasteiger partial charge < -0.3 is 15.1 Å². The van der Waals surface area contributed by atoms with Crippen LogP contribution in [0.4, 0.5) is 0 Å². The summed E-state index contributed by atoms with van der Waals surface area (Å²) >= 11 is 0. The van der Waals surface area contributed by atoms with E-state index in [0.717, 1.165) is 39.1 Å². The summed E-state index contributed by atoms with van der Waals surface area (Å²) in [5, 5.41) is 3.30. The van der Waals surface area contributed by atoms with Crippen LogP contribution in [0.1, 0.15) is 32.6 Å². The number of hydrogen-bond acceptors (Lipinski definition) is 4. The topological polar surface area (TPSA) is 55.9 Å². The lowest BCUT2D eigenvalue weighted by Gasteiger charge is -2.29. The third-order valence-electron chi connectivity index (χ3n) is 5.83. The van der Waals surface area contributed by atoms with Gasteiger partial charge in [0.1, 0.15) is 0 Å². The van der Waals surface area contributed by atoms with E-state index in [1.54, 1.807) is 0 Å². The number of rotatable bonds is 5. The maximum absolute atomic E-state index is 12.7. The predicted octanol–water partition coefficient (Wildman–Crippen LogP) is 0.140. The Balaban J connectivity index is 1.55. The molecular formula is C17H30N4O2. The number of nitrogens with one attached hydrogen (secondary N) is 1. The second kappa shape index (κ2) is 7.18. The van der Waals surface area contributed by atoms with Crippen molar-refractivity contribution in [2.45, 2.75) is 44.7 Å². The van der Waals surface area contributed by atoms with Crippen LogP contribution < -0.4 is 5.32 Å². The molecule has 0 aliphatic carbocycles. The number of carbonyl (C=O) groups excluding carboxylic acids is 2. The van der Waals surface area contributed by atoms with Gasteiger partial charge in [-0.3, -0.25) is 14.5 Å². The SMILES string of the molecule is CCN1CCCC1CN1CC(C(=O)N(C)C2CCNC2)CC1=O. The van der Waals surface area contributed by atoms with Gasteiger partial charge in [-0.2, -0.15) is 0 Å². The first-order chi connectivity index (χ1) is 11.1. The number of nitrogens with zero attached hydrogens (tertiary/aromatic N) is 3. The minimum atomic E-state index is -0.149. The first kappa shape index (κ1) is 16.7. The van der Waals surface area contributed by atoms with Crippen molar-refractivity contribution < 1.29 is 9.59 Å². The molecule has 0 saturated carbocycles. The van der Waals surface area contributed by atoms with E-state index in [9.17, 15) is 9.59 Å². The lowest BCUT2D eigenvalue weighted by atomic mass is 10.1. The van der Waals surface area contributed by atoms with Gasteiger partial charge in [0.05, 0.1) is 5.92 Å². The smallest absolute Gasteiger partial charge is 0.228 e. The van der Waals surface area contributed by atoms with Crippen molar-refractivity contribution in [1.82, 2.24) is 20.0 Å². The normalized spacial score (nSPS) is 32.0. The highest BCUT2D eigenvalue weighted by Crippen LogP contribution is 2.25. The molecule has 6 nitrogen and oxygen atoms in total. The van der Waals surface area contributed by atoms with Crippen LogP contribution in [0.5, 0.6) is 0 Å². The molecule has 130 valence electrons. The van der Waals surface area contributed by atoms with E-state index in [4.69, 9.17) is 0 Å². The summed E-state index contributed by atoms with van der Waals surface area (Å²) in [5.41, 5.74) is 0. The molecule has 0 aromatic heterocycles. The summed E-state index contributed by atoms with van der Waals surface area (Å²) < 4.78 is 0. The summed E-state index contributed by atoms with van der Waals surface area (Å²) in [7, 11) is 1.89. The monoisotopic (exact) mass is 322 g/mol. The second-order valence-electron chi connectivity index (χ2n) is 7.22. The Labute approximate surface area is 139 Å². The summed E-state index contributed by atoms with van der Waals surface area (Å²) in [6.07, 6.45) is 3.80. The van der Waals surface area contributed by atoms with Crippen molar-refractivity contribution in [1.29, 1.82) is 0 Å². The minimum Gasteiger partial charge on any atom is -0.341 e. The Kier molecular flexibility index (Phi) is 5.21. The van der Waals surface area contributed by atoms with Crippen molar-refractivity contribution in [3.05, 3.63) is 0 Å². The molecule has 3 aliphatic heterocycles. The maximum Gasteiger partial charge on any atom is 0.228 e. The standard InChI is InChI=1S/C17H30N4O2/c1-3-20-8-4-5-15(20)12-21-11-13(9-16(21)22)17(23)19(2)14-6-7-18-10-14/h13-15,18H,3-12H2,1-2H3. The highest BCUT2D eigenvalue weighted by Gasteiger charge is 2.39. The zero-order valence-electron chi connectivity index (χ0n) is 14.5. The van der Waals surface area contributed by atoms with Crippen molar-refractivity contribution in [3.8, 4) is 0 Å². The Morgan fingerprint density at radius 1 is 1.39 bits per heavy atom. The number of carbonyl (C=O) groups is 2. The molecule has 3 unspecified atom stereocenters. The zero-order valence-corrected chi connectivity index (χ0v) is 14.5. The Bertz CT molecular complexity index is 450. The van der Waals surface area contributed by atoms with E-state index < -0.39 is 0 Å². The van der Waals surface area contributed by atoms with Crippen LogP contribution >= 0.6 is 0 Å². The lowest BCUT2D eigenvalue weighted by Crippen LogP contribution is -2.43. The third kappa shape index (κ3) is 3.53. The van der Waals surface area contributed by atoms with E-state index in [1.807, 2.05) is 16.8 Å². The molecule has 0 aromatic carbocycles. The van der Waals surface area contributed by atoms with Gasteiger partial charge in [0.15, 0.2) is 0 Å². The van der Waals surface area contributed by atoms with Crippen LogP contribution in [-0.4, -0.2) is 84.9 Å². The number of likely N-dealkylation sites (N-methyl/N-ethyl adjacent to an activating group) is 2. The molecule has 0 bridgehead atoms. The minimum absolute atomic E-state index is 0.147. The first-order valence-corrected chi connectivity index (χ1v) is 9.09. The quantitative estimate of drug-likeness (QED) is 0.782. The predicted molar refractivity (Wildman–Crippen MR) is 89.0 cm³/mol. The van der Waals surface area contributed by atoms with Gasteiger partial charge in [-0.25, -0.2) is 0 Å². The molecule has 23 heavy (non-hydrogen) atoms. The van der Waals surface area contributed by atoms with Crippen molar-refractivity contribution in [2.75, 3.05) is 46.3 Å². The number of amides is 2. The molecule has 1 N–H and O–H groups in total. The molecule has 3 saturated heterocycles. The van der Waals surface area contributed by atoms with Gasteiger partial charge in [-0.1, -0.05) is 6.92 Å². The van der Waals surface area contributed by atoms with E-state index in [2.05, 4.69) is 17.1 Å². The van der Waals surface area contributed by atoms with Crippen molar-refractivity contribution in [2.24, 2.45) is 5.92 Å². The molecule has 3 heterocycles. The molecule has 3 aliphatic rings. The van der Waals surface area contributed by atoms with E-state index >= 15 is 0 Å². The van der Waals surface area contributed by atoms with Gasteiger partial charge in [-0.15, -0.1) is 0 Å². The summed E-state index contributed by atoms with van der Waals surface area (Å²) in [5.74, 6) is 0.155. The number of hydrogen-bond donors (Lipinski definition) is 1. The molecule has 0 spiro atoms. The fraction of sp³-hybridized carbons (Fsp3) is 0.882. The molecule has 2 amide bonds. The van der Waals surface area contributed by atoms with E-state index in [-0.39, 0.29) is 23.8 Å². The fourth-order valence-electron chi connectivity index (χ4n) is 4.32. The van der Waals surface area contributed by atoms with Crippen LogP contribution in [0.3, 0.4) is 0 Å². The lowest BCUT2D eigenvalue weighted by molar-refractivity contribution is -0.136. The summed E-state index contributed by atoms with van der Waals surface area (Å²) in [6.45, 7) is 7.63. The molecule has 3 atom stereocenters. The third-order valence-corrected chi connectivity index (χ3v) is 5.83. The molecule has 0 aromatic rings. The van der Waals surface area contributed by atoms with Crippen LogP contribution in [0, 0.1) is 5.92 Å². The van der Waals surface area contributed by atoms with Crippen LogP contribution in [0.2, 0.25) is 0 Å². The fourth-order valence-corrected chi connectivity index (χ4v) is 4.32. The first-order valence-electron chi connectivity index (χ1n) is 9.09. The van der Waals surface area contributed by atoms with Gasteiger partial charge in [0.2, 0.25) is 11.8 Å². The zero-order chi connectivity index (χ0) is 16.4. The Hall–Kier alpha value is -1.14. The Morgan fingerprint density at radius 2 is 2.22 bits per heavy atom. The van der Waals surface area contributed by atoms with E-state index in [1.165, 1.54) is 12.8 Å². The average Bonchev–Trinajstić information content (AvgIpc) is 3.28. The number of likely N-dealkylation sites (tertiary alicyclic amines) is 2. The highest BCUT2D eigenvalue weighted by atomic mass is 16.2.